The van der Waals surface area contributed by atoms with Crippen LogP contribution in [0.1, 0.15) is 24.4 Å². The van der Waals surface area contributed by atoms with Crippen LogP contribution < -0.4 is 10.1 Å². The van der Waals surface area contributed by atoms with Crippen LogP contribution in [0.15, 0.2) is 40.8 Å². The Labute approximate surface area is 151 Å². The molecular weight excluding hydrogens is 342 g/mol. The molecule has 1 aromatic heterocycles. The van der Waals surface area contributed by atoms with E-state index in [9.17, 15) is 4.79 Å². The summed E-state index contributed by atoms with van der Waals surface area (Å²) in [6.45, 7) is 3.07. The van der Waals surface area contributed by atoms with Gasteiger partial charge in [-0.3, -0.25) is 4.79 Å². The molecule has 1 N–H and O–H groups in total. The molecule has 0 saturated carbocycles. The summed E-state index contributed by atoms with van der Waals surface area (Å²) < 4.78 is 16.7. The predicted molar refractivity (Wildman–Crippen MR) is 97.0 cm³/mol. The summed E-state index contributed by atoms with van der Waals surface area (Å²) in [6, 6.07) is 8.77. The average molecular weight is 362 g/mol. The zero-order valence-corrected chi connectivity index (χ0v) is 14.7. The lowest BCUT2D eigenvalue weighted by Crippen LogP contribution is -2.17. The van der Waals surface area contributed by atoms with E-state index in [-0.39, 0.29) is 12.0 Å². The van der Waals surface area contributed by atoms with Crippen LogP contribution in [0.4, 0.5) is 5.69 Å². The summed E-state index contributed by atoms with van der Waals surface area (Å²) in [5.41, 5.74) is 0.524. The molecule has 1 atom stereocenters. The first-order valence-electron chi connectivity index (χ1n) is 8.19. The maximum absolute atomic E-state index is 12.2. The third-order valence-electron chi connectivity index (χ3n) is 3.81. The minimum Gasteiger partial charge on any atom is -0.489 e. The van der Waals surface area contributed by atoms with E-state index in [1.54, 1.807) is 30.3 Å². The molecule has 0 radical (unpaired) electrons. The lowest BCUT2D eigenvalue weighted by Gasteiger charge is -2.15. The first-order valence-corrected chi connectivity index (χ1v) is 8.57. The van der Waals surface area contributed by atoms with Crippen molar-refractivity contribution >= 4 is 29.3 Å². The maximum atomic E-state index is 12.2. The van der Waals surface area contributed by atoms with E-state index in [2.05, 4.69) is 5.32 Å². The number of aryl methyl sites for hydroxylation is 1. The Kier molecular flexibility index (Phi) is 5.79. The Morgan fingerprint density at radius 3 is 3.00 bits per heavy atom. The van der Waals surface area contributed by atoms with Crippen molar-refractivity contribution in [2.75, 3.05) is 18.5 Å². The summed E-state index contributed by atoms with van der Waals surface area (Å²) in [7, 11) is 0. The number of amides is 1. The summed E-state index contributed by atoms with van der Waals surface area (Å²) in [5, 5.41) is 3.31. The van der Waals surface area contributed by atoms with Gasteiger partial charge >= 0.3 is 0 Å². The number of furan rings is 1. The molecule has 1 aliphatic heterocycles. The van der Waals surface area contributed by atoms with Gasteiger partial charge in [0, 0.05) is 17.7 Å². The minimum atomic E-state index is -0.293. The largest absolute Gasteiger partial charge is 0.489 e. The molecule has 1 aliphatic rings. The second-order valence-electron chi connectivity index (χ2n) is 5.86. The number of benzene rings is 1. The Morgan fingerprint density at radius 2 is 2.28 bits per heavy atom. The highest BCUT2D eigenvalue weighted by Crippen LogP contribution is 2.29. The molecule has 2 aromatic rings. The highest BCUT2D eigenvalue weighted by Gasteiger charge is 2.17. The average Bonchev–Trinajstić information content (AvgIpc) is 3.24. The quantitative estimate of drug-likeness (QED) is 0.772. The van der Waals surface area contributed by atoms with Gasteiger partial charge in [-0.1, -0.05) is 11.6 Å². The van der Waals surface area contributed by atoms with Crippen LogP contribution in [0.5, 0.6) is 5.75 Å². The number of anilines is 1. The molecule has 1 aromatic carbocycles. The summed E-state index contributed by atoms with van der Waals surface area (Å²) in [6.07, 6.45) is 5.15. The number of nitrogens with one attached hydrogen (secondary N) is 1. The molecule has 1 unspecified atom stereocenters. The van der Waals surface area contributed by atoms with E-state index in [4.69, 9.17) is 25.5 Å². The van der Waals surface area contributed by atoms with E-state index >= 15 is 0 Å². The smallest absolute Gasteiger partial charge is 0.248 e. The molecule has 3 rings (SSSR count). The Bertz CT molecular complexity index is 763. The van der Waals surface area contributed by atoms with E-state index in [1.165, 1.54) is 6.08 Å². The van der Waals surface area contributed by atoms with Gasteiger partial charge < -0.3 is 19.2 Å². The van der Waals surface area contributed by atoms with Crippen molar-refractivity contribution in [1.82, 2.24) is 0 Å². The fraction of sp³-hybridized carbons (Fsp3) is 0.316. The summed E-state index contributed by atoms with van der Waals surface area (Å²) in [4.78, 5) is 12.2. The monoisotopic (exact) mass is 361 g/mol. The van der Waals surface area contributed by atoms with E-state index in [0.29, 0.717) is 28.8 Å². The number of hydrogen-bond donors (Lipinski definition) is 1. The van der Waals surface area contributed by atoms with Crippen molar-refractivity contribution in [3.63, 3.8) is 0 Å². The van der Waals surface area contributed by atoms with Crippen LogP contribution in [-0.2, 0) is 9.53 Å². The molecule has 132 valence electrons. The van der Waals surface area contributed by atoms with Gasteiger partial charge in [0.2, 0.25) is 5.91 Å². The van der Waals surface area contributed by atoms with Gasteiger partial charge in [0.25, 0.3) is 0 Å². The summed E-state index contributed by atoms with van der Waals surface area (Å²) in [5.74, 6) is 1.68. The molecule has 2 heterocycles. The number of rotatable bonds is 6. The number of hydrogen-bond acceptors (Lipinski definition) is 4. The molecule has 25 heavy (non-hydrogen) atoms. The molecule has 1 fully saturated rings. The molecule has 1 saturated heterocycles. The Hall–Kier alpha value is -2.24. The van der Waals surface area contributed by atoms with Gasteiger partial charge in [-0.15, -0.1) is 0 Å². The van der Waals surface area contributed by atoms with E-state index in [1.807, 2.05) is 13.0 Å². The Morgan fingerprint density at radius 1 is 1.40 bits per heavy atom. The van der Waals surface area contributed by atoms with Crippen LogP contribution in [0.3, 0.4) is 0 Å². The van der Waals surface area contributed by atoms with Crippen LogP contribution in [-0.4, -0.2) is 25.2 Å². The van der Waals surface area contributed by atoms with Crippen LogP contribution in [0, 0.1) is 6.92 Å². The standard InChI is InChI=1S/C19H20ClNO4/c1-13-4-6-15(25-13)7-9-19(22)21-17-11-14(20)5-8-18(17)24-12-16-3-2-10-23-16/h4-9,11,16H,2-3,10,12H2,1H3,(H,21,22)/b9-7+. The second kappa shape index (κ2) is 8.23. The third kappa shape index (κ3) is 5.11. The van der Waals surface area contributed by atoms with E-state index < -0.39 is 0 Å². The first-order chi connectivity index (χ1) is 12.1. The van der Waals surface area contributed by atoms with Crippen molar-refractivity contribution in [3.05, 3.63) is 53.0 Å². The first kappa shape index (κ1) is 17.6. The fourth-order valence-corrected chi connectivity index (χ4v) is 2.73. The normalized spacial score (nSPS) is 17.1. The number of carbonyl (C=O) groups excluding carboxylic acids is 1. The Balaban J connectivity index is 1.64. The zero-order chi connectivity index (χ0) is 17.6. The van der Waals surface area contributed by atoms with Gasteiger partial charge in [0.05, 0.1) is 11.8 Å². The minimum absolute atomic E-state index is 0.0984. The van der Waals surface area contributed by atoms with Gasteiger partial charge in [-0.2, -0.15) is 0 Å². The SMILES string of the molecule is Cc1ccc(/C=C/C(=O)Nc2cc(Cl)ccc2OCC2CCCO2)o1. The van der Waals surface area contributed by atoms with Crippen molar-refractivity contribution < 1.29 is 18.7 Å². The van der Waals surface area contributed by atoms with Gasteiger partial charge in [0.15, 0.2) is 0 Å². The maximum Gasteiger partial charge on any atom is 0.248 e. The van der Waals surface area contributed by atoms with Gasteiger partial charge in [-0.25, -0.2) is 0 Å². The molecule has 0 bridgehead atoms. The third-order valence-corrected chi connectivity index (χ3v) is 4.04. The van der Waals surface area contributed by atoms with E-state index in [0.717, 1.165) is 25.2 Å². The number of ether oxygens (including phenoxy) is 2. The van der Waals surface area contributed by atoms with Crippen LogP contribution in [0.2, 0.25) is 5.02 Å². The van der Waals surface area contributed by atoms with Crippen molar-refractivity contribution in [2.24, 2.45) is 0 Å². The number of halogens is 1. The molecule has 0 aliphatic carbocycles. The topological polar surface area (TPSA) is 60.7 Å². The molecule has 1 amide bonds. The second-order valence-corrected chi connectivity index (χ2v) is 6.29. The van der Waals surface area contributed by atoms with Gasteiger partial charge in [-0.05, 0) is 56.2 Å². The lowest BCUT2D eigenvalue weighted by molar-refractivity contribution is -0.111. The highest BCUT2D eigenvalue weighted by atomic mass is 35.5. The zero-order valence-electron chi connectivity index (χ0n) is 14.0. The fourth-order valence-electron chi connectivity index (χ4n) is 2.56. The van der Waals surface area contributed by atoms with Crippen molar-refractivity contribution in [3.8, 4) is 5.75 Å². The number of carbonyl (C=O) groups is 1. The molecule has 0 spiro atoms. The summed E-state index contributed by atoms with van der Waals surface area (Å²) >= 11 is 6.04. The van der Waals surface area contributed by atoms with Crippen molar-refractivity contribution in [1.29, 1.82) is 0 Å². The molecular formula is C19H20ClNO4. The van der Waals surface area contributed by atoms with Crippen LogP contribution >= 0.6 is 11.6 Å². The van der Waals surface area contributed by atoms with Crippen LogP contribution in [0.25, 0.3) is 6.08 Å². The lowest BCUT2D eigenvalue weighted by atomic mass is 10.2. The molecule has 6 heteroatoms. The predicted octanol–water partition coefficient (Wildman–Crippen LogP) is 4.45. The van der Waals surface area contributed by atoms with Crippen molar-refractivity contribution in [2.45, 2.75) is 25.9 Å². The molecule has 5 nitrogen and oxygen atoms in total. The van der Waals surface area contributed by atoms with Gasteiger partial charge in [0.1, 0.15) is 23.9 Å². The highest BCUT2D eigenvalue weighted by molar-refractivity contribution is 6.31.